The Morgan fingerprint density at radius 2 is 2.04 bits per heavy atom. The first-order chi connectivity index (χ1) is 12.0. The van der Waals surface area contributed by atoms with Crippen LogP contribution in [0, 0.1) is 5.82 Å². The van der Waals surface area contributed by atoms with Crippen molar-refractivity contribution in [2.75, 3.05) is 20.1 Å². The van der Waals surface area contributed by atoms with Crippen LogP contribution in [0.25, 0.3) is 0 Å². The predicted molar refractivity (Wildman–Crippen MR) is 99.2 cm³/mol. The molecular weight excluding hydrogens is 359 g/mol. The van der Waals surface area contributed by atoms with Crippen LogP contribution < -0.4 is 0 Å². The molecule has 0 spiro atoms. The van der Waals surface area contributed by atoms with Crippen molar-refractivity contribution in [3.05, 3.63) is 58.0 Å². The van der Waals surface area contributed by atoms with Crippen LogP contribution in [0.1, 0.15) is 27.5 Å². The second-order valence-corrected chi connectivity index (χ2v) is 8.26. The van der Waals surface area contributed by atoms with Gasteiger partial charge in [-0.25, -0.2) is 4.39 Å². The number of amides is 2. The van der Waals surface area contributed by atoms with Crippen LogP contribution in [0.15, 0.2) is 41.8 Å². The van der Waals surface area contributed by atoms with Crippen LogP contribution in [-0.4, -0.2) is 47.0 Å². The van der Waals surface area contributed by atoms with E-state index in [1.54, 1.807) is 41.1 Å². The minimum absolute atomic E-state index is 0.0183. The minimum Gasteiger partial charge on any atom is -0.339 e. The van der Waals surface area contributed by atoms with E-state index >= 15 is 0 Å². The number of thioether (sulfide) groups is 1. The van der Waals surface area contributed by atoms with E-state index in [1.165, 1.54) is 29.2 Å². The smallest absolute Gasteiger partial charge is 0.263 e. The lowest BCUT2D eigenvalue weighted by Crippen LogP contribution is -2.39. The number of carbonyl (C=O) groups is 2. The first-order valence-corrected chi connectivity index (χ1v) is 9.80. The number of hydrogen-bond acceptors (Lipinski definition) is 4. The molecule has 1 saturated heterocycles. The Morgan fingerprint density at radius 1 is 1.28 bits per heavy atom. The molecule has 2 amide bonds. The largest absolute Gasteiger partial charge is 0.339 e. The molecule has 1 aromatic heterocycles. The first-order valence-electron chi connectivity index (χ1n) is 7.98. The molecule has 3 rings (SSSR count). The van der Waals surface area contributed by atoms with Crippen molar-refractivity contribution in [1.29, 1.82) is 0 Å². The van der Waals surface area contributed by atoms with E-state index in [9.17, 15) is 14.0 Å². The number of carbonyl (C=O) groups excluding carboxylic acids is 2. The van der Waals surface area contributed by atoms with Crippen LogP contribution in [0.3, 0.4) is 0 Å². The van der Waals surface area contributed by atoms with Gasteiger partial charge in [-0.05, 0) is 24.4 Å². The Kier molecular flexibility index (Phi) is 5.44. The van der Waals surface area contributed by atoms with Gasteiger partial charge in [0.1, 0.15) is 11.2 Å². The van der Waals surface area contributed by atoms with Gasteiger partial charge >= 0.3 is 0 Å². The molecule has 2 heterocycles. The Hall–Kier alpha value is -1.86. The second kappa shape index (κ2) is 7.58. The maximum absolute atomic E-state index is 14.2. The average molecular weight is 378 g/mol. The van der Waals surface area contributed by atoms with Crippen molar-refractivity contribution < 1.29 is 14.0 Å². The Morgan fingerprint density at radius 3 is 2.72 bits per heavy atom. The average Bonchev–Trinajstić information content (AvgIpc) is 3.22. The molecule has 1 aliphatic heterocycles. The summed E-state index contributed by atoms with van der Waals surface area (Å²) in [5.74, 6) is -0.394. The van der Waals surface area contributed by atoms with E-state index in [-0.39, 0.29) is 28.3 Å². The summed E-state index contributed by atoms with van der Waals surface area (Å²) in [6, 6.07) is 10.2. The van der Waals surface area contributed by atoms with Gasteiger partial charge in [0.25, 0.3) is 5.91 Å². The number of hydrogen-bond donors (Lipinski definition) is 0. The van der Waals surface area contributed by atoms with E-state index < -0.39 is 0 Å². The third-order valence-electron chi connectivity index (χ3n) is 4.17. The van der Waals surface area contributed by atoms with Gasteiger partial charge < -0.3 is 9.80 Å². The lowest BCUT2D eigenvalue weighted by atomic mass is 10.2. The monoisotopic (exact) mass is 378 g/mol. The molecule has 0 radical (unpaired) electrons. The van der Waals surface area contributed by atoms with Gasteiger partial charge in [0.05, 0.1) is 10.1 Å². The Labute approximate surface area is 154 Å². The number of benzene rings is 1. The van der Waals surface area contributed by atoms with Gasteiger partial charge in [0.15, 0.2) is 0 Å². The van der Waals surface area contributed by atoms with Crippen LogP contribution in [0.4, 0.5) is 4.39 Å². The molecule has 7 heteroatoms. The van der Waals surface area contributed by atoms with Crippen molar-refractivity contribution in [1.82, 2.24) is 9.80 Å². The summed E-state index contributed by atoms with van der Waals surface area (Å²) < 4.78 is 14.2. The third kappa shape index (κ3) is 3.72. The molecule has 1 aliphatic rings. The number of nitrogens with zero attached hydrogens (tertiary/aromatic N) is 2. The molecule has 0 saturated carbocycles. The van der Waals surface area contributed by atoms with Crippen molar-refractivity contribution >= 4 is 34.9 Å². The van der Waals surface area contributed by atoms with Gasteiger partial charge in [0.2, 0.25) is 5.91 Å². The fourth-order valence-corrected chi connectivity index (χ4v) is 4.82. The lowest BCUT2D eigenvalue weighted by Gasteiger charge is -2.27. The topological polar surface area (TPSA) is 40.6 Å². The zero-order valence-corrected chi connectivity index (χ0v) is 15.6. The molecular formula is C18H19FN2O2S2. The first kappa shape index (κ1) is 17.9. The van der Waals surface area contributed by atoms with Crippen molar-refractivity contribution in [3.8, 4) is 0 Å². The van der Waals surface area contributed by atoms with Gasteiger partial charge in [-0.3, -0.25) is 9.59 Å². The molecule has 2 atom stereocenters. The van der Waals surface area contributed by atoms with E-state index in [4.69, 9.17) is 0 Å². The number of rotatable bonds is 5. The molecule has 2 aromatic rings. The fourth-order valence-electron chi connectivity index (χ4n) is 2.77. The standard InChI is InChI=1S/C18H19FN2O2S2/c1-12-16(22)21(18(25-12)13-6-3-4-7-14(13)19)10-9-20(2)17(23)15-8-5-11-24-15/h3-8,11-12,18H,9-10H2,1-2H3/t12-,18-/m0/s1. The molecule has 1 aromatic carbocycles. The third-order valence-corrected chi connectivity index (χ3v) is 6.41. The summed E-state index contributed by atoms with van der Waals surface area (Å²) in [5, 5.41) is 1.29. The van der Waals surface area contributed by atoms with Crippen LogP contribution >= 0.6 is 23.1 Å². The molecule has 0 aliphatic carbocycles. The molecule has 1 fully saturated rings. The highest BCUT2D eigenvalue weighted by Crippen LogP contribution is 2.43. The highest BCUT2D eigenvalue weighted by Gasteiger charge is 2.39. The van der Waals surface area contributed by atoms with E-state index in [2.05, 4.69) is 0 Å². The molecule has 132 valence electrons. The minimum atomic E-state index is -0.353. The van der Waals surface area contributed by atoms with Crippen LogP contribution in [0.5, 0.6) is 0 Å². The Balaban J connectivity index is 1.72. The quantitative estimate of drug-likeness (QED) is 0.798. The summed E-state index contributed by atoms with van der Waals surface area (Å²) in [4.78, 5) is 28.8. The number of thiophene rings is 1. The Bertz CT molecular complexity index is 766. The van der Waals surface area contributed by atoms with E-state index in [1.807, 2.05) is 18.4 Å². The normalized spacial score (nSPS) is 20.1. The highest BCUT2D eigenvalue weighted by atomic mass is 32.2. The number of likely N-dealkylation sites (N-methyl/N-ethyl adjacent to an activating group) is 1. The molecule has 0 unspecified atom stereocenters. The zero-order chi connectivity index (χ0) is 18.0. The van der Waals surface area contributed by atoms with Gasteiger partial charge in [-0.15, -0.1) is 23.1 Å². The predicted octanol–water partition coefficient (Wildman–Crippen LogP) is 3.62. The summed E-state index contributed by atoms with van der Waals surface area (Å²) in [6.45, 7) is 2.62. The highest BCUT2D eigenvalue weighted by molar-refractivity contribution is 8.01. The molecule has 0 N–H and O–H groups in total. The summed E-state index contributed by atoms with van der Waals surface area (Å²) in [7, 11) is 1.72. The maximum Gasteiger partial charge on any atom is 0.263 e. The van der Waals surface area contributed by atoms with Gasteiger partial charge in [-0.1, -0.05) is 24.3 Å². The SMILES string of the molecule is C[C@@H]1S[C@@H](c2ccccc2F)N(CCN(C)C(=O)c2cccs2)C1=O. The summed E-state index contributed by atoms with van der Waals surface area (Å²) in [5.41, 5.74) is 0.512. The van der Waals surface area contributed by atoms with Gasteiger partial charge in [-0.2, -0.15) is 0 Å². The lowest BCUT2D eigenvalue weighted by molar-refractivity contribution is -0.130. The fraction of sp³-hybridized carbons (Fsp3) is 0.333. The van der Waals surface area contributed by atoms with Crippen molar-refractivity contribution in [3.63, 3.8) is 0 Å². The van der Waals surface area contributed by atoms with E-state index in [0.29, 0.717) is 23.5 Å². The van der Waals surface area contributed by atoms with Crippen LogP contribution in [0.2, 0.25) is 0 Å². The number of halogens is 1. The van der Waals surface area contributed by atoms with Crippen molar-refractivity contribution in [2.45, 2.75) is 17.5 Å². The van der Waals surface area contributed by atoms with Crippen molar-refractivity contribution in [2.24, 2.45) is 0 Å². The molecule has 25 heavy (non-hydrogen) atoms. The molecule has 0 bridgehead atoms. The molecule has 4 nitrogen and oxygen atoms in total. The van der Waals surface area contributed by atoms with Crippen LogP contribution in [-0.2, 0) is 4.79 Å². The summed E-state index contributed by atoms with van der Waals surface area (Å²) >= 11 is 2.83. The van der Waals surface area contributed by atoms with E-state index in [0.717, 1.165) is 0 Å². The zero-order valence-electron chi connectivity index (χ0n) is 14.0. The summed E-state index contributed by atoms with van der Waals surface area (Å²) in [6.07, 6.45) is 0. The second-order valence-electron chi connectivity index (χ2n) is 5.89. The maximum atomic E-state index is 14.2. The van der Waals surface area contributed by atoms with Gasteiger partial charge in [0, 0.05) is 25.7 Å².